The second-order valence-corrected chi connectivity index (χ2v) is 6.50. The molecular formula is C15H19NS2. The SMILES string of the molecule is CC(Cc1cccs1)NCCSc1ccccc1. The molecule has 1 nitrogen and oxygen atoms in total. The third-order valence-electron chi connectivity index (χ3n) is 2.69. The normalized spacial score (nSPS) is 12.5. The zero-order valence-corrected chi connectivity index (χ0v) is 12.3. The van der Waals surface area contributed by atoms with E-state index in [2.05, 4.69) is 60.1 Å². The predicted octanol–water partition coefficient (Wildman–Crippen LogP) is 4.06. The fourth-order valence-electron chi connectivity index (χ4n) is 1.79. The number of rotatable bonds is 7. The van der Waals surface area contributed by atoms with Crippen LogP contribution >= 0.6 is 23.1 Å². The third kappa shape index (κ3) is 4.84. The van der Waals surface area contributed by atoms with Gasteiger partial charge in [-0.05, 0) is 36.9 Å². The smallest absolute Gasteiger partial charge is 0.0106 e. The summed E-state index contributed by atoms with van der Waals surface area (Å²) in [5.41, 5.74) is 0. The summed E-state index contributed by atoms with van der Waals surface area (Å²) >= 11 is 3.75. The zero-order chi connectivity index (χ0) is 12.6. The molecule has 1 unspecified atom stereocenters. The maximum absolute atomic E-state index is 3.58. The first-order valence-electron chi connectivity index (χ1n) is 6.28. The molecule has 0 bridgehead atoms. The van der Waals surface area contributed by atoms with Gasteiger partial charge in [0.25, 0.3) is 0 Å². The van der Waals surface area contributed by atoms with Crippen molar-refractivity contribution in [3.8, 4) is 0 Å². The lowest BCUT2D eigenvalue weighted by Crippen LogP contribution is -2.29. The van der Waals surface area contributed by atoms with Crippen molar-refractivity contribution >= 4 is 23.1 Å². The van der Waals surface area contributed by atoms with E-state index in [4.69, 9.17) is 0 Å². The highest BCUT2D eigenvalue weighted by Gasteiger charge is 2.03. The Bertz CT molecular complexity index is 425. The minimum atomic E-state index is 0.556. The number of benzene rings is 1. The van der Waals surface area contributed by atoms with Crippen molar-refractivity contribution in [2.24, 2.45) is 0 Å². The number of thioether (sulfide) groups is 1. The van der Waals surface area contributed by atoms with Crippen LogP contribution in [0.3, 0.4) is 0 Å². The van der Waals surface area contributed by atoms with Gasteiger partial charge in [0.05, 0.1) is 0 Å². The van der Waals surface area contributed by atoms with Gasteiger partial charge in [-0.25, -0.2) is 0 Å². The highest BCUT2D eigenvalue weighted by molar-refractivity contribution is 7.99. The van der Waals surface area contributed by atoms with Crippen LogP contribution in [0.15, 0.2) is 52.7 Å². The van der Waals surface area contributed by atoms with Crippen molar-refractivity contribution in [3.05, 3.63) is 52.7 Å². The monoisotopic (exact) mass is 277 g/mol. The van der Waals surface area contributed by atoms with Crippen LogP contribution in [0.1, 0.15) is 11.8 Å². The Hall–Kier alpha value is -0.770. The van der Waals surface area contributed by atoms with Crippen molar-refractivity contribution in [1.29, 1.82) is 0 Å². The molecule has 0 aliphatic heterocycles. The molecule has 1 aromatic heterocycles. The molecule has 0 spiro atoms. The largest absolute Gasteiger partial charge is 0.313 e. The van der Waals surface area contributed by atoms with Gasteiger partial charge in [0.2, 0.25) is 0 Å². The fourth-order valence-corrected chi connectivity index (χ4v) is 3.43. The molecule has 0 saturated carbocycles. The first kappa shape index (κ1) is 13.7. The van der Waals surface area contributed by atoms with Crippen LogP contribution in [0.5, 0.6) is 0 Å². The van der Waals surface area contributed by atoms with E-state index >= 15 is 0 Å². The van der Waals surface area contributed by atoms with Crippen LogP contribution < -0.4 is 5.32 Å². The average molecular weight is 277 g/mol. The number of hydrogen-bond donors (Lipinski definition) is 1. The standard InChI is InChI=1S/C15H19NS2/c1-13(12-15-8-5-10-17-15)16-9-11-18-14-6-3-2-4-7-14/h2-8,10,13,16H,9,11-12H2,1H3. The lowest BCUT2D eigenvalue weighted by atomic mass is 10.2. The van der Waals surface area contributed by atoms with Crippen molar-refractivity contribution in [3.63, 3.8) is 0 Å². The summed E-state index contributed by atoms with van der Waals surface area (Å²) in [5, 5.41) is 5.72. The van der Waals surface area contributed by atoms with Crippen LogP contribution in [0.25, 0.3) is 0 Å². The number of thiophene rings is 1. The molecule has 0 fully saturated rings. The van der Waals surface area contributed by atoms with Gasteiger partial charge in [-0.3, -0.25) is 0 Å². The molecule has 1 atom stereocenters. The fraction of sp³-hybridized carbons (Fsp3) is 0.333. The number of nitrogens with one attached hydrogen (secondary N) is 1. The third-order valence-corrected chi connectivity index (χ3v) is 4.61. The Morgan fingerprint density at radius 2 is 2.00 bits per heavy atom. The van der Waals surface area contributed by atoms with Gasteiger partial charge in [0, 0.05) is 28.1 Å². The number of hydrogen-bond acceptors (Lipinski definition) is 3. The predicted molar refractivity (Wildman–Crippen MR) is 82.7 cm³/mol. The summed E-state index contributed by atoms with van der Waals surface area (Å²) in [6, 6.07) is 15.5. The van der Waals surface area contributed by atoms with Crippen molar-refractivity contribution in [2.75, 3.05) is 12.3 Å². The molecule has 1 N–H and O–H groups in total. The molecule has 0 aliphatic rings. The summed E-state index contributed by atoms with van der Waals surface area (Å²) in [4.78, 5) is 2.82. The average Bonchev–Trinajstić information content (AvgIpc) is 2.89. The Morgan fingerprint density at radius 1 is 1.17 bits per heavy atom. The molecule has 0 saturated heterocycles. The molecule has 0 amide bonds. The van der Waals surface area contributed by atoms with E-state index in [1.54, 1.807) is 0 Å². The summed E-state index contributed by atoms with van der Waals surface area (Å²) in [6.07, 6.45) is 1.13. The van der Waals surface area contributed by atoms with Crippen molar-refractivity contribution in [1.82, 2.24) is 5.32 Å². The summed E-state index contributed by atoms with van der Waals surface area (Å²) in [5.74, 6) is 1.12. The van der Waals surface area contributed by atoms with Gasteiger partial charge in [0.1, 0.15) is 0 Å². The van der Waals surface area contributed by atoms with E-state index in [0.29, 0.717) is 6.04 Å². The molecule has 1 aromatic carbocycles. The molecule has 96 valence electrons. The minimum Gasteiger partial charge on any atom is -0.313 e. The van der Waals surface area contributed by atoms with Crippen LogP contribution in [-0.4, -0.2) is 18.3 Å². The van der Waals surface area contributed by atoms with Gasteiger partial charge in [-0.1, -0.05) is 24.3 Å². The molecule has 2 rings (SSSR count). The van der Waals surface area contributed by atoms with E-state index in [1.807, 2.05) is 23.1 Å². The van der Waals surface area contributed by atoms with E-state index in [1.165, 1.54) is 9.77 Å². The second kappa shape index (κ2) is 7.62. The topological polar surface area (TPSA) is 12.0 Å². The molecule has 2 aromatic rings. The van der Waals surface area contributed by atoms with Crippen LogP contribution in [-0.2, 0) is 6.42 Å². The first-order valence-corrected chi connectivity index (χ1v) is 8.15. The lowest BCUT2D eigenvalue weighted by molar-refractivity contribution is 0.571. The zero-order valence-electron chi connectivity index (χ0n) is 10.6. The van der Waals surface area contributed by atoms with Crippen molar-refractivity contribution < 1.29 is 0 Å². The Labute approximate surface area is 118 Å². The molecular weight excluding hydrogens is 258 g/mol. The Kier molecular flexibility index (Phi) is 5.78. The van der Waals surface area contributed by atoms with E-state index in [-0.39, 0.29) is 0 Å². The van der Waals surface area contributed by atoms with Gasteiger partial charge >= 0.3 is 0 Å². The molecule has 1 heterocycles. The van der Waals surface area contributed by atoms with Gasteiger partial charge in [0.15, 0.2) is 0 Å². The Morgan fingerprint density at radius 3 is 2.72 bits per heavy atom. The quantitative estimate of drug-likeness (QED) is 0.605. The van der Waals surface area contributed by atoms with Gasteiger partial charge in [-0.15, -0.1) is 23.1 Å². The van der Waals surface area contributed by atoms with E-state index in [9.17, 15) is 0 Å². The van der Waals surface area contributed by atoms with E-state index < -0.39 is 0 Å². The molecule has 18 heavy (non-hydrogen) atoms. The maximum atomic E-state index is 3.58. The summed E-state index contributed by atoms with van der Waals surface area (Å²) < 4.78 is 0. The van der Waals surface area contributed by atoms with Crippen LogP contribution in [0.2, 0.25) is 0 Å². The molecule has 0 radical (unpaired) electrons. The van der Waals surface area contributed by atoms with Gasteiger partial charge in [-0.2, -0.15) is 0 Å². The molecule has 0 aliphatic carbocycles. The van der Waals surface area contributed by atoms with Crippen LogP contribution in [0.4, 0.5) is 0 Å². The summed E-state index contributed by atoms with van der Waals surface area (Å²) in [6.45, 7) is 3.32. The Balaban J connectivity index is 1.60. The first-order chi connectivity index (χ1) is 8.84. The molecule has 3 heteroatoms. The van der Waals surface area contributed by atoms with Crippen molar-refractivity contribution in [2.45, 2.75) is 24.3 Å². The van der Waals surface area contributed by atoms with E-state index in [0.717, 1.165) is 18.7 Å². The second-order valence-electron chi connectivity index (χ2n) is 4.30. The van der Waals surface area contributed by atoms with Crippen LogP contribution in [0, 0.1) is 0 Å². The van der Waals surface area contributed by atoms with Gasteiger partial charge < -0.3 is 5.32 Å². The maximum Gasteiger partial charge on any atom is 0.0106 e. The highest BCUT2D eigenvalue weighted by atomic mass is 32.2. The summed E-state index contributed by atoms with van der Waals surface area (Å²) in [7, 11) is 0. The minimum absolute atomic E-state index is 0.556. The highest BCUT2D eigenvalue weighted by Crippen LogP contribution is 2.16. The lowest BCUT2D eigenvalue weighted by Gasteiger charge is -2.12.